The lowest BCUT2D eigenvalue weighted by Crippen LogP contribution is -2.43. The number of carbonyl (C=O) groups excluding carboxylic acids is 1. The lowest BCUT2D eigenvalue weighted by Gasteiger charge is -2.31. The molecule has 3 saturated heterocycles. The van der Waals surface area contributed by atoms with Gasteiger partial charge < -0.3 is 9.64 Å². The summed E-state index contributed by atoms with van der Waals surface area (Å²) in [6.07, 6.45) is 3.32. The Balaban J connectivity index is 1.26. The fourth-order valence-corrected chi connectivity index (χ4v) is 4.82. The first-order valence-corrected chi connectivity index (χ1v) is 9.20. The second-order valence-electron chi connectivity index (χ2n) is 6.94. The molecular weight excluding hydrogens is 296 g/mol. The van der Waals surface area contributed by atoms with E-state index in [0.29, 0.717) is 24.3 Å². The summed E-state index contributed by atoms with van der Waals surface area (Å²) in [6.45, 7) is 7.26. The van der Waals surface area contributed by atoms with Gasteiger partial charge in [-0.1, -0.05) is 0 Å². The standard InChI is InChI=1S/C17H24N2O2S/c1-12-3-4-15(22-12)10-18-9-13-7-14(21-16(13)11-18)8-17(20)19-5-2-6-19/h3-4,13-14,16H,2,5-11H2,1H3/t13-,14-,16+/m0/s1. The summed E-state index contributed by atoms with van der Waals surface area (Å²) in [6, 6.07) is 4.44. The predicted molar refractivity (Wildman–Crippen MR) is 86.9 cm³/mol. The second-order valence-corrected chi connectivity index (χ2v) is 8.31. The quantitative estimate of drug-likeness (QED) is 0.853. The van der Waals surface area contributed by atoms with E-state index in [2.05, 4.69) is 24.0 Å². The lowest BCUT2D eigenvalue weighted by molar-refractivity contribution is -0.137. The smallest absolute Gasteiger partial charge is 0.225 e. The van der Waals surface area contributed by atoms with Crippen molar-refractivity contribution in [1.82, 2.24) is 9.80 Å². The van der Waals surface area contributed by atoms with Crippen molar-refractivity contribution in [3.8, 4) is 0 Å². The van der Waals surface area contributed by atoms with E-state index in [4.69, 9.17) is 4.74 Å². The zero-order chi connectivity index (χ0) is 15.1. The van der Waals surface area contributed by atoms with Crippen molar-refractivity contribution < 1.29 is 9.53 Å². The van der Waals surface area contributed by atoms with E-state index in [1.54, 1.807) is 0 Å². The number of likely N-dealkylation sites (tertiary alicyclic amines) is 2. The molecule has 120 valence electrons. The highest BCUT2D eigenvalue weighted by Crippen LogP contribution is 2.35. The molecule has 3 aliphatic rings. The molecular formula is C17H24N2O2S. The molecule has 0 spiro atoms. The first kappa shape index (κ1) is 14.7. The molecule has 1 amide bonds. The van der Waals surface area contributed by atoms with Crippen LogP contribution in [0.2, 0.25) is 0 Å². The Bertz CT molecular complexity index is 541. The van der Waals surface area contributed by atoms with Crippen LogP contribution >= 0.6 is 11.3 Å². The van der Waals surface area contributed by atoms with Crippen LogP contribution in [-0.2, 0) is 16.1 Å². The first-order valence-electron chi connectivity index (χ1n) is 8.38. The molecule has 3 fully saturated rings. The second kappa shape index (κ2) is 5.95. The van der Waals surface area contributed by atoms with Crippen LogP contribution in [0.3, 0.4) is 0 Å². The van der Waals surface area contributed by atoms with Gasteiger partial charge in [0, 0.05) is 48.4 Å². The average molecular weight is 320 g/mol. The zero-order valence-electron chi connectivity index (χ0n) is 13.2. The number of hydrogen-bond donors (Lipinski definition) is 0. The van der Waals surface area contributed by atoms with Crippen LogP contribution in [0.5, 0.6) is 0 Å². The van der Waals surface area contributed by atoms with Gasteiger partial charge in [0.25, 0.3) is 0 Å². The van der Waals surface area contributed by atoms with E-state index in [9.17, 15) is 4.79 Å². The summed E-state index contributed by atoms with van der Waals surface area (Å²) in [5, 5.41) is 0. The summed E-state index contributed by atoms with van der Waals surface area (Å²) >= 11 is 1.89. The number of carbonyl (C=O) groups is 1. The third kappa shape index (κ3) is 2.94. The molecule has 1 aromatic heterocycles. The molecule has 5 heteroatoms. The summed E-state index contributed by atoms with van der Waals surface area (Å²) < 4.78 is 6.16. The molecule has 0 saturated carbocycles. The molecule has 4 rings (SSSR count). The third-order valence-corrected chi connectivity index (χ3v) is 6.16. The van der Waals surface area contributed by atoms with Crippen molar-refractivity contribution in [2.24, 2.45) is 5.92 Å². The molecule has 4 heterocycles. The largest absolute Gasteiger partial charge is 0.373 e. The average Bonchev–Trinajstić information content (AvgIpc) is 3.02. The van der Waals surface area contributed by atoms with E-state index < -0.39 is 0 Å². The van der Waals surface area contributed by atoms with Crippen molar-refractivity contribution in [3.63, 3.8) is 0 Å². The molecule has 0 aliphatic carbocycles. The van der Waals surface area contributed by atoms with Gasteiger partial charge in [0.1, 0.15) is 0 Å². The van der Waals surface area contributed by atoms with Crippen LogP contribution in [0.25, 0.3) is 0 Å². The van der Waals surface area contributed by atoms with Crippen LogP contribution in [0.4, 0.5) is 0 Å². The fourth-order valence-electron chi connectivity index (χ4n) is 3.89. The molecule has 22 heavy (non-hydrogen) atoms. The normalized spacial score (nSPS) is 31.3. The minimum atomic E-state index is 0.161. The molecule has 0 radical (unpaired) electrons. The van der Waals surface area contributed by atoms with Gasteiger partial charge in [0.2, 0.25) is 5.91 Å². The number of rotatable bonds is 4. The Morgan fingerprint density at radius 1 is 1.36 bits per heavy atom. The number of thiophene rings is 1. The number of hydrogen-bond acceptors (Lipinski definition) is 4. The maximum Gasteiger partial charge on any atom is 0.225 e. The number of fused-ring (bicyclic) bond motifs is 1. The number of aryl methyl sites for hydroxylation is 1. The third-order valence-electron chi connectivity index (χ3n) is 5.18. The van der Waals surface area contributed by atoms with E-state index >= 15 is 0 Å². The minimum absolute atomic E-state index is 0.161. The molecule has 1 aromatic rings. The summed E-state index contributed by atoms with van der Waals surface area (Å²) in [7, 11) is 0. The van der Waals surface area contributed by atoms with Crippen LogP contribution in [-0.4, -0.2) is 54.1 Å². The Labute approximate surface area is 136 Å². The topological polar surface area (TPSA) is 32.8 Å². The molecule has 3 aliphatic heterocycles. The number of amides is 1. The monoisotopic (exact) mass is 320 g/mol. The summed E-state index contributed by atoms with van der Waals surface area (Å²) in [5.41, 5.74) is 0. The Hall–Kier alpha value is -0.910. The number of nitrogens with zero attached hydrogens (tertiary/aromatic N) is 2. The minimum Gasteiger partial charge on any atom is -0.373 e. The van der Waals surface area contributed by atoms with Gasteiger partial charge in [-0.05, 0) is 31.9 Å². The highest BCUT2D eigenvalue weighted by Gasteiger charge is 2.42. The van der Waals surface area contributed by atoms with E-state index in [-0.39, 0.29) is 6.10 Å². The van der Waals surface area contributed by atoms with Crippen molar-refractivity contribution in [2.45, 2.75) is 44.9 Å². The van der Waals surface area contributed by atoms with Crippen LogP contribution in [0.15, 0.2) is 12.1 Å². The van der Waals surface area contributed by atoms with Crippen molar-refractivity contribution in [1.29, 1.82) is 0 Å². The van der Waals surface area contributed by atoms with Gasteiger partial charge in [-0.15, -0.1) is 11.3 Å². The lowest BCUT2D eigenvalue weighted by atomic mass is 10.0. The predicted octanol–water partition coefficient (Wildman–Crippen LogP) is 2.27. The van der Waals surface area contributed by atoms with Crippen LogP contribution in [0.1, 0.15) is 29.0 Å². The molecule has 4 nitrogen and oxygen atoms in total. The molecule has 0 aromatic carbocycles. The van der Waals surface area contributed by atoms with E-state index in [1.165, 1.54) is 16.2 Å². The van der Waals surface area contributed by atoms with Crippen LogP contribution in [0, 0.1) is 12.8 Å². The van der Waals surface area contributed by atoms with Crippen LogP contribution < -0.4 is 0 Å². The Morgan fingerprint density at radius 3 is 2.86 bits per heavy atom. The van der Waals surface area contributed by atoms with Crippen molar-refractivity contribution in [3.05, 3.63) is 21.9 Å². The highest BCUT2D eigenvalue weighted by molar-refractivity contribution is 7.11. The van der Waals surface area contributed by atoms with E-state index in [1.807, 2.05) is 16.2 Å². The zero-order valence-corrected chi connectivity index (χ0v) is 14.0. The molecule has 3 atom stereocenters. The Kier molecular flexibility index (Phi) is 3.96. The fraction of sp³-hybridized carbons (Fsp3) is 0.706. The van der Waals surface area contributed by atoms with Gasteiger partial charge in [-0.2, -0.15) is 0 Å². The van der Waals surface area contributed by atoms with Gasteiger partial charge >= 0.3 is 0 Å². The van der Waals surface area contributed by atoms with E-state index in [0.717, 1.165) is 39.1 Å². The van der Waals surface area contributed by atoms with Crippen molar-refractivity contribution in [2.75, 3.05) is 26.2 Å². The van der Waals surface area contributed by atoms with Gasteiger partial charge in [0.05, 0.1) is 18.6 Å². The maximum atomic E-state index is 12.0. The maximum absolute atomic E-state index is 12.0. The number of ether oxygens (including phenoxy) is 1. The SMILES string of the molecule is Cc1ccc(CN2C[C@@H]3C[C@@H](CC(=O)N4CCC4)O[C@@H]3C2)s1. The van der Waals surface area contributed by atoms with Crippen molar-refractivity contribution >= 4 is 17.2 Å². The Morgan fingerprint density at radius 2 is 2.23 bits per heavy atom. The molecule has 0 bridgehead atoms. The molecule has 0 N–H and O–H groups in total. The summed E-state index contributed by atoms with van der Waals surface area (Å²) in [4.78, 5) is 19.3. The molecule has 0 unspecified atom stereocenters. The van der Waals surface area contributed by atoms with Gasteiger partial charge in [-0.25, -0.2) is 0 Å². The summed E-state index contributed by atoms with van der Waals surface area (Å²) in [5.74, 6) is 0.914. The highest BCUT2D eigenvalue weighted by atomic mass is 32.1. The van der Waals surface area contributed by atoms with Gasteiger partial charge in [-0.3, -0.25) is 9.69 Å². The first-order chi connectivity index (χ1) is 10.7. The van der Waals surface area contributed by atoms with Gasteiger partial charge in [0.15, 0.2) is 0 Å².